The Morgan fingerprint density at radius 1 is 1.25 bits per heavy atom. The van der Waals surface area contributed by atoms with Gasteiger partial charge in [0.1, 0.15) is 11.4 Å². The number of anilines is 2. The first-order valence-corrected chi connectivity index (χ1v) is 12.0. The lowest BCUT2D eigenvalue weighted by Gasteiger charge is -2.36. The highest BCUT2D eigenvalue weighted by molar-refractivity contribution is 6.08. The van der Waals surface area contributed by atoms with E-state index in [9.17, 15) is 22.4 Å². The fraction of sp³-hybridized carbons (Fsp3) is 0.565. The Kier molecular flexibility index (Phi) is 6.35. The third-order valence-electron chi connectivity index (χ3n) is 6.94. The predicted molar refractivity (Wildman–Crippen MR) is 125 cm³/mol. The highest BCUT2D eigenvalue weighted by Gasteiger charge is 2.39. The molecule has 0 bridgehead atoms. The standard InChI is InChI=1S/C23H28F4N8O/c1-13-2-4-15(5-3-13)35-11-17(19(32-35)20(24)25)30-22(36)16-9-29-34-7-6-18(31-21(16)34)33-10-14(28)8-23(26,27)12-33/h6-7,9,11,13-15,20H,2-5,8,10,12,28H2,1H3,(H,30,36)/t13-,14-,15-/m1/s1. The Hall–Kier alpha value is -3.22. The van der Waals surface area contributed by atoms with Crippen molar-refractivity contribution in [3.63, 3.8) is 0 Å². The summed E-state index contributed by atoms with van der Waals surface area (Å²) in [7, 11) is 0. The highest BCUT2D eigenvalue weighted by Crippen LogP contribution is 2.35. The summed E-state index contributed by atoms with van der Waals surface area (Å²) in [5.74, 6) is -2.85. The van der Waals surface area contributed by atoms with Crippen LogP contribution in [0.5, 0.6) is 0 Å². The molecule has 1 amide bonds. The number of fused-ring (bicyclic) bond motifs is 1. The van der Waals surface area contributed by atoms with E-state index in [2.05, 4.69) is 27.4 Å². The van der Waals surface area contributed by atoms with Gasteiger partial charge in [-0.1, -0.05) is 6.92 Å². The van der Waals surface area contributed by atoms with E-state index in [1.807, 2.05) is 0 Å². The molecule has 1 saturated heterocycles. The second-order valence-electron chi connectivity index (χ2n) is 9.89. The van der Waals surface area contributed by atoms with Crippen LogP contribution < -0.4 is 16.0 Å². The summed E-state index contributed by atoms with van der Waals surface area (Å²) in [4.78, 5) is 18.8. The van der Waals surface area contributed by atoms with Crippen molar-refractivity contribution < 1.29 is 22.4 Å². The van der Waals surface area contributed by atoms with Gasteiger partial charge >= 0.3 is 0 Å². The van der Waals surface area contributed by atoms with Gasteiger partial charge in [0.25, 0.3) is 18.3 Å². The molecule has 5 rings (SSSR count). The summed E-state index contributed by atoms with van der Waals surface area (Å²) in [6, 6.07) is 0.787. The van der Waals surface area contributed by atoms with E-state index in [1.54, 1.807) is 0 Å². The zero-order chi connectivity index (χ0) is 25.6. The van der Waals surface area contributed by atoms with E-state index >= 15 is 0 Å². The lowest BCUT2D eigenvalue weighted by molar-refractivity contribution is -0.0174. The van der Waals surface area contributed by atoms with Crippen LogP contribution in [0.2, 0.25) is 0 Å². The van der Waals surface area contributed by atoms with Gasteiger partial charge in [0, 0.05) is 31.4 Å². The fourth-order valence-corrected chi connectivity index (χ4v) is 5.06. The first-order chi connectivity index (χ1) is 17.1. The topological polar surface area (TPSA) is 106 Å². The number of rotatable bonds is 5. The molecule has 0 radical (unpaired) electrons. The van der Waals surface area contributed by atoms with Crippen LogP contribution in [-0.2, 0) is 0 Å². The number of hydrogen-bond acceptors (Lipinski definition) is 6. The van der Waals surface area contributed by atoms with Gasteiger partial charge in [0.05, 0.1) is 24.5 Å². The van der Waals surface area contributed by atoms with Crippen LogP contribution in [-0.4, -0.2) is 55.3 Å². The van der Waals surface area contributed by atoms with Gasteiger partial charge in [-0.25, -0.2) is 27.1 Å². The van der Waals surface area contributed by atoms with Crippen LogP contribution in [0.3, 0.4) is 0 Å². The molecule has 3 N–H and O–H groups in total. The monoisotopic (exact) mass is 508 g/mol. The van der Waals surface area contributed by atoms with E-state index < -0.39 is 43.0 Å². The largest absolute Gasteiger partial charge is 0.349 e. The van der Waals surface area contributed by atoms with E-state index in [1.165, 1.54) is 38.8 Å². The molecule has 194 valence electrons. The van der Waals surface area contributed by atoms with Crippen molar-refractivity contribution in [3.8, 4) is 0 Å². The number of hydrogen-bond donors (Lipinski definition) is 2. The Bertz CT molecular complexity index is 1250. The zero-order valence-corrected chi connectivity index (χ0v) is 19.7. The molecule has 3 aromatic rings. The van der Waals surface area contributed by atoms with Crippen LogP contribution in [0, 0.1) is 5.92 Å². The number of nitrogens with two attached hydrogens (primary N) is 1. The summed E-state index contributed by atoms with van der Waals surface area (Å²) in [6.07, 6.45) is 4.56. The summed E-state index contributed by atoms with van der Waals surface area (Å²) in [5.41, 5.74) is 5.34. The highest BCUT2D eigenvalue weighted by atomic mass is 19.3. The molecule has 4 heterocycles. The number of carbonyl (C=O) groups is 1. The molecule has 1 saturated carbocycles. The van der Waals surface area contributed by atoms with Crippen LogP contribution in [0.15, 0.2) is 24.7 Å². The molecular formula is C23H28F4N8O. The number of halogens is 4. The van der Waals surface area contributed by atoms with E-state index in [-0.39, 0.29) is 35.3 Å². The van der Waals surface area contributed by atoms with Crippen molar-refractivity contribution in [1.82, 2.24) is 24.4 Å². The third-order valence-corrected chi connectivity index (χ3v) is 6.94. The van der Waals surface area contributed by atoms with Crippen LogP contribution in [0.25, 0.3) is 5.65 Å². The molecule has 1 atom stereocenters. The summed E-state index contributed by atoms with van der Waals surface area (Å²) >= 11 is 0. The first-order valence-electron chi connectivity index (χ1n) is 12.0. The minimum atomic E-state index is -2.96. The molecule has 1 aliphatic heterocycles. The van der Waals surface area contributed by atoms with Gasteiger partial charge in [-0.05, 0) is 37.7 Å². The molecule has 36 heavy (non-hydrogen) atoms. The third kappa shape index (κ3) is 4.88. The summed E-state index contributed by atoms with van der Waals surface area (Å²) in [5, 5.41) is 10.7. The molecular weight excluding hydrogens is 480 g/mol. The molecule has 3 aromatic heterocycles. The van der Waals surface area contributed by atoms with Crippen molar-refractivity contribution in [1.29, 1.82) is 0 Å². The number of amides is 1. The number of piperidine rings is 1. The Morgan fingerprint density at radius 3 is 2.69 bits per heavy atom. The van der Waals surface area contributed by atoms with Gasteiger partial charge in [-0.3, -0.25) is 9.48 Å². The Labute approximate surface area is 204 Å². The van der Waals surface area contributed by atoms with Crippen molar-refractivity contribution in [2.45, 2.75) is 63.5 Å². The second-order valence-corrected chi connectivity index (χ2v) is 9.89. The van der Waals surface area contributed by atoms with Gasteiger partial charge in [0.2, 0.25) is 0 Å². The number of nitrogens with zero attached hydrogens (tertiary/aromatic N) is 6. The maximum atomic E-state index is 14.1. The molecule has 2 fully saturated rings. The normalized spacial score (nSPS) is 24.4. The van der Waals surface area contributed by atoms with Crippen molar-refractivity contribution >= 4 is 23.1 Å². The molecule has 1 aliphatic carbocycles. The van der Waals surface area contributed by atoms with Gasteiger partial charge in [-0.15, -0.1) is 0 Å². The number of aromatic nitrogens is 5. The lowest BCUT2D eigenvalue weighted by Crippen LogP contribution is -2.52. The van der Waals surface area contributed by atoms with Crippen LogP contribution in [0.4, 0.5) is 29.1 Å². The predicted octanol–water partition coefficient (Wildman–Crippen LogP) is 4.04. The maximum absolute atomic E-state index is 14.1. The van der Waals surface area contributed by atoms with Gasteiger partial charge in [0.15, 0.2) is 11.3 Å². The number of nitrogens with one attached hydrogen (secondary N) is 1. The SMILES string of the molecule is C[C@H]1CC[C@H](n2cc(NC(=O)c3cnn4ccc(N5C[C@H](N)CC(F)(F)C5)nc34)c(C(F)F)n2)CC1. The minimum absolute atomic E-state index is 0.000373. The van der Waals surface area contributed by atoms with E-state index in [0.717, 1.165) is 25.7 Å². The lowest BCUT2D eigenvalue weighted by atomic mass is 9.87. The van der Waals surface area contributed by atoms with Crippen LogP contribution >= 0.6 is 0 Å². The first kappa shape index (κ1) is 24.5. The zero-order valence-electron chi connectivity index (χ0n) is 19.7. The fourth-order valence-electron chi connectivity index (χ4n) is 5.06. The molecule has 0 aromatic carbocycles. The number of alkyl halides is 4. The molecule has 13 heteroatoms. The van der Waals surface area contributed by atoms with E-state index in [0.29, 0.717) is 5.92 Å². The second kappa shape index (κ2) is 9.34. The van der Waals surface area contributed by atoms with Crippen LogP contribution in [0.1, 0.15) is 67.5 Å². The quantitative estimate of drug-likeness (QED) is 0.504. The maximum Gasteiger partial charge on any atom is 0.284 e. The number of carbonyl (C=O) groups excluding carboxylic acids is 1. The smallest absolute Gasteiger partial charge is 0.284 e. The van der Waals surface area contributed by atoms with Crippen molar-refractivity contribution in [2.24, 2.45) is 11.7 Å². The van der Waals surface area contributed by atoms with Gasteiger partial charge in [-0.2, -0.15) is 10.2 Å². The molecule has 9 nitrogen and oxygen atoms in total. The van der Waals surface area contributed by atoms with Crippen molar-refractivity contribution in [3.05, 3.63) is 35.9 Å². The summed E-state index contributed by atoms with van der Waals surface area (Å²) in [6.45, 7) is 1.80. The Balaban J connectivity index is 1.40. The Morgan fingerprint density at radius 2 is 2.00 bits per heavy atom. The molecule has 0 spiro atoms. The summed E-state index contributed by atoms with van der Waals surface area (Å²) < 4.78 is 58.4. The molecule has 2 aliphatic rings. The minimum Gasteiger partial charge on any atom is -0.349 e. The average Bonchev–Trinajstić information content (AvgIpc) is 3.42. The average molecular weight is 509 g/mol. The molecule has 0 unspecified atom stereocenters. The van der Waals surface area contributed by atoms with E-state index in [4.69, 9.17) is 5.73 Å². The van der Waals surface area contributed by atoms with Crippen molar-refractivity contribution in [2.75, 3.05) is 23.3 Å². The van der Waals surface area contributed by atoms with Gasteiger partial charge < -0.3 is 16.0 Å².